The van der Waals surface area contributed by atoms with Crippen molar-refractivity contribution >= 4 is 22.8 Å². The van der Waals surface area contributed by atoms with E-state index in [4.69, 9.17) is 11.2 Å². The van der Waals surface area contributed by atoms with Gasteiger partial charge in [-0.25, -0.2) is 4.79 Å². The number of nitrogens with one attached hydrogen (secondary N) is 1. The largest absolute Gasteiger partial charge is 0.495 e. The van der Waals surface area contributed by atoms with Gasteiger partial charge in [0.15, 0.2) is 0 Å². The van der Waals surface area contributed by atoms with E-state index in [1.165, 1.54) is 14.0 Å². The van der Waals surface area contributed by atoms with Crippen molar-refractivity contribution in [1.82, 2.24) is 9.88 Å². The first-order valence-corrected chi connectivity index (χ1v) is 6.55. The SMILES string of the molecule is C#CC(Cn1cc(OC)c2ccccc21)(NC(C)=O)C(=O)O. The number of carboxylic acids is 1. The molecule has 2 aromatic rings. The summed E-state index contributed by atoms with van der Waals surface area (Å²) in [5.74, 6) is 1.000. The zero-order valence-corrected chi connectivity index (χ0v) is 12.3. The average Bonchev–Trinajstić information content (AvgIpc) is 2.84. The first-order valence-electron chi connectivity index (χ1n) is 6.55. The number of hydrogen-bond donors (Lipinski definition) is 2. The van der Waals surface area contributed by atoms with Gasteiger partial charge in [0.05, 0.1) is 19.2 Å². The molecule has 1 heterocycles. The highest BCUT2D eigenvalue weighted by atomic mass is 16.5. The van der Waals surface area contributed by atoms with Crippen LogP contribution in [0.25, 0.3) is 10.9 Å². The molecule has 0 aliphatic carbocycles. The van der Waals surface area contributed by atoms with Gasteiger partial charge in [0.2, 0.25) is 11.4 Å². The Morgan fingerprint density at radius 2 is 2.14 bits per heavy atom. The fraction of sp³-hybridized carbons (Fsp3) is 0.250. The molecule has 1 atom stereocenters. The van der Waals surface area contributed by atoms with Gasteiger partial charge in [-0.15, -0.1) is 6.42 Å². The van der Waals surface area contributed by atoms with Crippen LogP contribution >= 0.6 is 0 Å². The first-order chi connectivity index (χ1) is 10.4. The minimum atomic E-state index is -1.82. The van der Waals surface area contributed by atoms with Crippen LogP contribution in [0.3, 0.4) is 0 Å². The maximum atomic E-state index is 11.6. The van der Waals surface area contributed by atoms with Crippen LogP contribution in [-0.2, 0) is 16.1 Å². The van der Waals surface area contributed by atoms with Crippen LogP contribution in [0.2, 0.25) is 0 Å². The van der Waals surface area contributed by atoms with Gasteiger partial charge in [0.25, 0.3) is 0 Å². The third-order valence-electron chi connectivity index (χ3n) is 3.38. The molecule has 1 amide bonds. The van der Waals surface area contributed by atoms with Crippen LogP contribution in [0.4, 0.5) is 0 Å². The van der Waals surface area contributed by atoms with E-state index in [0.29, 0.717) is 5.75 Å². The molecular formula is C16H16N2O4. The number of carbonyl (C=O) groups excluding carboxylic acids is 1. The summed E-state index contributed by atoms with van der Waals surface area (Å²) in [6.07, 6.45) is 7.07. The Hall–Kier alpha value is -2.94. The lowest BCUT2D eigenvalue weighted by Crippen LogP contribution is -2.55. The van der Waals surface area contributed by atoms with Gasteiger partial charge in [0, 0.05) is 18.5 Å². The standard InChI is InChI=1S/C16H16N2O4/c1-4-16(15(20)21,17-11(2)19)10-18-9-14(22-3)12-7-5-6-8-13(12)18/h1,5-9H,10H2,2-3H3,(H,17,19)(H,20,21). The van der Waals surface area contributed by atoms with Gasteiger partial charge in [-0.3, -0.25) is 4.79 Å². The Bertz CT molecular complexity index is 772. The van der Waals surface area contributed by atoms with Crippen molar-refractivity contribution in [2.45, 2.75) is 19.0 Å². The average molecular weight is 300 g/mol. The highest BCUT2D eigenvalue weighted by molar-refractivity contribution is 5.90. The number of fused-ring (bicyclic) bond motifs is 1. The van der Waals surface area contributed by atoms with Crippen molar-refractivity contribution in [3.8, 4) is 18.1 Å². The Labute approximate surface area is 127 Å². The zero-order valence-electron chi connectivity index (χ0n) is 12.3. The number of carbonyl (C=O) groups is 2. The van der Waals surface area contributed by atoms with E-state index in [1.807, 2.05) is 24.3 Å². The van der Waals surface area contributed by atoms with Crippen LogP contribution in [0.5, 0.6) is 5.75 Å². The van der Waals surface area contributed by atoms with E-state index in [-0.39, 0.29) is 6.54 Å². The third kappa shape index (κ3) is 2.61. The number of amides is 1. The number of carboxylic acid groups (broad SMARTS) is 1. The second-order valence-electron chi connectivity index (χ2n) is 4.88. The molecule has 0 saturated carbocycles. The zero-order chi connectivity index (χ0) is 16.3. The molecule has 2 rings (SSSR count). The van der Waals surface area contributed by atoms with Crippen molar-refractivity contribution in [3.63, 3.8) is 0 Å². The number of para-hydroxylation sites is 1. The number of nitrogens with zero attached hydrogens (tertiary/aromatic N) is 1. The van der Waals surface area contributed by atoms with Crippen LogP contribution in [0.1, 0.15) is 6.92 Å². The molecule has 6 nitrogen and oxygen atoms in total. The van der Waals surface area contributed by atoms with E-state index < -0.39 is 17.4 Å². The molecule has 6 heteroatoms. The molecule has 0 saturated heterocycles. The Balaban J connectivity index is 2.54. The predicted molar refractivity (Wildman–Crippen MR) is 81.5 cm³/mol. The molecule has 0 aliphatic heterocycles. The topological polar surface area (TPSA) is 80.6 Å². The first kappa shape index (κ1) is 15.4. The monoisotopic (exact) mass is 300 g/mol. The smallest absolute Gasteiger partial charge is 0.344 e. The lowest BCUT2D eigenvalue weighted by atomic mass is 10.0. The number of aliphatic carboxylic acids is 1. The second kappa shape index (κ2) is 5.82. The Kier molecular flexibility index (Phi) is 4.08. The molecule has 0 bridgehead atoms. The number of methoxy groups -OCH3 is 1. The summed E-state index contributed by atoms with van der Waals surface area (Å²) in [7, 11) is 1.53. The van der Waals surface area contributed by atoms with Gasteiger partial charge in [-0.2, -0.15) is 0 Å². The van der Waals surface area contributed by atoms with Gasteiger partial charge >= 0.3 is 5.97 Å². The van der Waals surface area contributed by atoms with Crippen LogP contribution in [0.15, 0.2) is 30.5 Å². The van der Waals surface area contributed by atoms with Gasteiger partial charge < -0.3 is 19.7 Å². The normalized spacial score (nSPS) is 13.1. The molecule has 0 radical (unpaired) electrons. The molecule has 0 aliphatic rings. The number of hydrogen-bond acceptors (Lipinski definition) is 3. The molecule has 1 unspecified atom stereocenters. The quantitative estimate of drug-likeness (QED) is 0.814. The lowest BCUT2D eigenvalue weighted by molar-refractivity contribution is -0.145. The fourth-order valence-electron chi connectivity index (χ4n) is 2.37. The minimum absolute atomic E-state index is 0.109. The summed E-state index contributed by atoms with van der Waals surface area (Å²) >= 11 is 0. The number of ether oxygens (including phenoxy) is 1. The molecule has 0 spiro atoms. The van der Waals surface area contributed by atoms with Crippen molar-refractivity contribution < 1.29 is 19.4 Å². The predicted octanol–water partition coefficient (Wildman–Crippen LogP) is 1.24. The summed E-state index contributed by atoms with van der Waals surface area (Å²) in [6, 6.07) is 7.37. The lowest BCUT2D eigenvalue weighted by Gasteiger charge is -2.25. The van der Waals surface area contributed by atoms with E-state index in [0.717, 1.165) is 10.9 Å². The Morgan fingerprint density at radius 3 is 2.68 bits per heavy atom. The van der Waals surface area contributed by atoms with E-state index in [1.54, 1.807) is 10.8 Å². The van der Waals surface area contributed by atoms with E-state index >= 15 is 0 Å². The van der Waals surface area contributed by atoms with E-state index in [9.17, 15) is 14.7 Å². The molecule has 1 aromatic heterocycles. The molecule has 0 fully saturated rings. The molecule has 2 N–H and O–H groups in total. The number of rotatable bonds is 5. The van der Waals surface area contributed by atoms with E-state index in [2.05, 4.69) is 11.2 Å². The van der Waals surface area contributed by atoms with Gasteiger partial charge in [-0.05, 0) is 12.1 Å². The second-order valence-corrected chi connectivity index (χ2v) is 4.88. The molecule has 1 aromatic carbocycles. The van der Waals surface area contributed by atoms with Crippen LogP contribution in [0, 0.1) is 12.3 Å². The van der Waals surface area contributed by atoms with Gasteiger partial charge in [0.1, 0.15) is 5.75 Å². The summed E-state index contributed by atoms with van der Waals surface area (Å²) in [5.41, 5.74) is -1.05. The third-order valence-corrected chi connectivity index (χ3v) is 3.38. The van der Waals surface area contributed by atoms with Crippen molar-refractivity contribution in [3.05, 3.63) is 30.5 Å². The summed E-state index contributed by atoms with van der Waals surface area (Å²) in [5, 5.41) is 12.7. The highest BCUT2D eigenvalue weighted by Crippen LogP contribution is 2.28. The maximum Gasteiger partial charge on any atom is 0.344 e. The van der Waals surface area contributed by atoms with Crippen molar-refractivity contribution in [2.75, 3.05) is 7.11 Å². The number of terminal acetylenes is 1. The van der Waals surface area contributed by atoms with Crippen LogP contribution in [-0.4, -0.2) is 34.2 Å². The molecule has 114 valence electrons. The summed E-state index contributed by atoms with van der Waals surface area (Å²) in [6.45, 7) is 1.12. The van der Waals surface area contributed by atoms with Crippen LogP contribution < -0.4 is 10.1 Å². The summed E-state index contributed by atoms with van der Waals surface area (Å²) < 4.78 is 6.96. The molecular weight excluding hydrogens is 284 g/mol. The van der Waals surface area contributed by atoms with Crippen molar-refractivity contribution in [2.24, 2.45) is 0 Å². The van der Waals surface area contributed by atoms with Gasteiger partial charge in [-0.1, -0.05) is 18.1 Å². The number of benzene rings is 1. The number of aromatic nitrogens is 1. The summed E-state index contributed by atoms with van der Waals surface area (Å²) in [4.78, 5) is 22.9. The minimum Gasteiger partial charge on any atom is -0.495 e. The highest BCUT2D eigenvalue weighted by Gasteiger charge is 2.38. The fourth-order valence-corrected chi connectivity index (χ4v) is 2.37. The maximum absolute atomic E-state index is 11.6. The molecule has 22 heavy (non-hydrogen) atoms. The van der Waals surface area contributed by atoms with Crippen molar-refractivity contribution in [1.29, 1.82) is 0 Å². The Morgan fingerprint density at radius 1 is 1.45 bits per heavy atom.